The highest BCUT2D eigenvalue weighted by Crippen LogP contribution is 2.23. The summed E-state index contributed by atoms with van der Waals surface area (Å²) in [5.74, 6) is -0.435. The lowest BCUT2D eigenvalue weighted by Gasteiger charge is -2.09. The molecule has 0 spiro atoms. The van der Waals surface area contributed by atoms with Crippen molar-refractivity contribution >= 4 is 29.3 Å². The van der Waals surface area contributed by atoms with Crippen molar-refractivity contribution in [1.82, 2.24) is 30.6 Å². The average Bonchev–Trinajstić information content (AvgIpc) is 3.19. The van der Waals surface area contributed by atoms with Crippen LogP contribution >= 0.6 is 11.8 Å². The molecule has 12 heteroatoms. The number of nitro benzene ring substituents is 1. The predicted molar refractivity (Wildman–Crippen MR) is 113 cm³/mol. The SMILES string of the molecule is CCCn1c(SCC(=O)NNC(=O)c2cccc([N+](=O)[O-])c2)nnc1-c1ccncc1. The van der Waals surface area contributed by atoms with Crippen LogP contribution in [0.3, 0.4) is 0 Å². The van der Waals surface area contributed by atoms with Crippen LogP contribution in [0.2, 0.25) is 0 Å². The van der Waals surface area contributed by atoms with Gasteiger partial charge in [-0.2, -0.15) is 0 Å². The number of hydrazine groups is 1. The lowest BCUT2D eigenvalue weighted by molar-refractivity contribution is -0.384. The summed E-state index contributed by atoms with van der Waals surface area (Å²) in [7, 11) is 0. The molecule has 3 rings (SSSR count). The van der Waals surface area contributed by atoms with Gasteiger partial charge in [-0.25, -0.2) is 0 Å². The van der Waals surface area contributed by atoms with E-state index in [0.29, 0.717) is 17.5 Å². The van der Waals surface area contributed by atoms with Gasteiger partial charge in [-0.1, -0.05) is 24.8 Å². The zero-order valence-corrected chi connectivity index (χ0v) is 17.3. The molecule has 11 nitrogen and oxygen atoms in total. The Labute approximate surface area is 181 Å². The van der Waals surface area contributed by atoms with Crippen molar-refractivity contribution in [2.45, 2.75) is 25.0 Å². The van der Waals surface area contributed by atoms with E-state index in [1.165, 1.54) is 30.0 Å². The zero-order chi connectivity index (χ0) is 22.2. The molecule has 2 N–H and O–H groups in total. The maximum Gasteiger partial charge on any atom is 0.270 e. The standard InChI is InChI=1S/C19H19N7O4S/c1-2-10-25-17(13-6-8-20-9-7-13)22-24-19(25)31-12-16(27)21-23-18(28)14-4-3-5-15(11-14)26(29)30/h3-9,11H,2,10,12H2,1H3,(H,21,27)(H,23,28). The predicted octanol–water partition coefficient (Wildman–Crippen LogP) is 2.21. The Balaban J connectivity index is 1.58. The van der Waals surface area contributed by atoms with Gasteiger partial charge in [0, 0.05) is 42.2 Å². The van der Waals surface area contributed by atoms with E-state index in [9.17, 15) is 19.7 Å². The Morgan fingerprint density at radius 1 is 1.16 bits per heavy atom. The molecule has 2 aromatic heterocycles. The first-order valence-corrected chi connectivity index (χ1v) is 10.3. The van der Waals surface area contributed by atoms with Gasteiger partial charge in [0.15, 0.2) is 11.0 Å². The van der Waals surface area contributed by atoms with E-state index in [-0.39, 0.29) is 17.0 Å². The zero-order valence-electron chi connectivity index (χ0n) is 16.5. The Bertz CT molecular complexity index is 1090. The van der Waals surface area contributed by atoms with Crippen molar-refractivity contribution in [2.24, 2.45) is 0 Å². The molecule has 0 saturated carbocycles. The number of aromatic nitrogens is 4. The topological polar surface area (TPSA) is 145 Å². The number of carbonyl (C=O) groups is 2. The van der Waals surface area contributed by atoms with Gasteiger partial charge in [0.25, 0.3) is 11.6 Å². The molecule has 0 fully saturated rings. The molecule has 0 unspecified atom stereocenters. The number of amides is 2. The van der Waals surface area contributed by atoms with Crippen molar-refractivity contribution < 1.29 is 14.5 Å². The summed E-state index contributed by atoms with van der Waals surface area (Å²) in [6, 6.07) is 8.88. The van der Waals surface area contributed by atoms with Gasteiger partial charge in [0.05, 0.1) is 10.7 Å². The van der Waals surface area contributed by atoms with Crippen molar-refractivity contribution in [1.29, 1.82) is 0 Å². The summed E-state index contributed by atoms with van der Waals surface area (Å²) >= 11 is 1.19. The van der Waals surface area contributed by atoms with E-state index >= 15 is 0 Å². The second-order valence-electron chi connectivity index (χ2n) is 6.29. The summed E-state index contributed by atoms with van der Waals surface area (Å²) in [5, 5.41) is 19.8. The fraction of sp³-hybridized carbons (Fsp3) is 0.211. The van der Waals surface area contributed by atoms with Gasteiger partial charge >= 0.3 is 0 Å². The van der Waals surface area contributed by atoms with Crippen LogP contribution in [0.25, 0.3) is 11.4 Å². The van der Waals surface area contributed by atoms with E-state index in [0.717, 1.165) is 18.1 Å². The molecule has 0 atom stereocenters. The van der Waals surface area contributed by atoms with Gasteiger partial charge < -0.3 is 4.57 Å². The highest BCUT2D eigenvalue weighted by atomic mass is 32.2. The van der Waals surface area contributed by atoms with Crippen LogP contribution in [0.15, 0.2) is 53.9 Å². The molecule has 0 aliphatic rings. The van der Waals surface area contributed by atoms with Crippen LogP contribution in [0, 0.1) is 10.1 Å². The normalized spacial score (nSPS) is 10.5. The number of rotatable bonds is 8. The summed E-state index contributed by atoms with van der Waals surface area (Å²) in [6.45, 7) is 2.71. The first-order valence-electron chi connectivity index (χ1n) is 9.29. The summed E-state index contributed by atoms with van der Waals surface area (Å²) in [4.78, 5) is 38.5. The maximum absolute atomic E-state index is 12.2. The average molecular weight is 441 g/mol. The van der Waals surface area contributed by atoms with Crippen molar-refractivity contribution in [3.63, 3.8) is 0 Å². The largest absolute Gasteiger partial charge is 0.302 e. The number of benzene rings is 1. The quantitative estimate of drug-likeness (QED) is 0.307. The lowest BCUT2D eigenvalue weighted by atomic mass is 10.2. The van der Waals surface area contributed by atoms with E-state index in [4.69, 9.17) is 0 Å². The van der Waals surface area contributed by atoms with Gasteiger partial charge in [0.2, 0.25) is 5.91 Å². The second-order valence-corrected chi connectivity index (χ2v) is 7.23. The molecule has 31 heavy (non-hydrogen) atoms. The Morgan fingerprint density at radius 3 is 2.65 bits per heavy atom. The first kappa shape index (κ1) is 21.9. The number of hydrogen-bond acceptors (Lipinski definition) is 8. The van der Waals surface area contributed by atoms with Gasteiger partial charge in [-0.3, -0.25) is 35.5 Å². The smallest absolute Gasteiger partial charge is 0.270 e. The highest BCUT2D eigenvalue weighted by molar-refractivity contribution is 7.99. The minimum atomic E-state index is -0.656. The third kappa shape index (κ3) is 5.63. The molecule has 1 aromatic carbocycles. The lowest BCUT2D eigenvalue weighted by Crippen LogP contribution is -2.42. The molecular weight excluding hydrogens is 422 g/mol. The molecular formula is C19H19N7O4S. The van der Waals surface area contributed by atoms with Crippen LogP contribution in [-0.2, 0) is 11.3 Å². The highest BCUT2D eigenvalue weighted by Gasteiger charge is 2.16. The summed E-state index contributed by atoms with van der Waals surface area (Å²) < 4.78 is 1.93. The van der Waals surface area contributed by atoms with E-state index in [2.05, 4.69) is 26.0 Å². The van der Waals surface area contributed by atoms with Gasteiger partial charge in [-0.15, -0.1) is 10.2 Å². The van der Waals surface area contributed by atoms with E-state index < -0.39 is 16.7 Å². The van der Waals surface area contributed by atoms with Crippen LogP contribution in [-0.4, -0.2) is 42.2 Å². The third-order valence-corrected chi connectivity index (χ3v) is 5.04. The Morgan fingerprint density at radius 2 is 1.94 bits per heavy atom. The number of non-ortho nitro benzene ring substituents is 1. The molecule has 3 aromatic rings. The molecule has 2 heterocycles. The van der Waals surface area contributed by atoms with E-state index in [1.54, 1.807) is 12.4 Å². The minimum absolute atomic E-state index is 0.00654. The minimum Gasteiger partial charge on any atom is -0.302 e. The Hall–Kier alpha value is -3.80. The number of nitrogens with zero attached hydrogens (tertiary/aromatic N) is 5. The van der Waals surface area contributed by atoms with E-state index in [1.807, 2.05) is 23.6 Å². The molecule has 0 saturated heterocycles. The fourth-order valence-electron chi connectivity index (χ4n) is 2.66. The number of nitrogens with one attached hydrogen (secondary N) is 2. The third-order valence-electron chi connectivity index (χ3n) is 4.07. The van der Waals surface area contributed by atoms with Crippen molar-refractivity contribution in [2.75, 3.05) is 5.75 Å². The maximum atomic E-state index is 12.2. The van der Waals surface area contributed by atoms with Crippen LogP contribution in [0.1, 0.15) is 23.7 Å². The number of nitro groups is 1. The van der Waals surface area contributed by atoms with Gasteiger partial charge in [-0.05, 0) is 24.6 Å². The first-order chi connectivity index (χ1) is 15.0. The van der Waals surface area contributed by atoms with Crippen LogP contribution in [0.5, 0.6) is 0 Å². The molecule has 0 aliphatic heterocycles. The van der Waals surface area contributed by atoms with Crippen molar-refractivity contribution in [3.05, 3.63) is 64.5 Å². The molecule has 0 aliphatic carbocycles. The molecule has 2 amide bonds. The molecule has 0 bridgehead atoms. The second kappa shape index (κ2) is 10.3. The summed E-state index contributed by atoms with van der Waals surface area (Å²) in [6.07, 6.45) is 4.20. The Kier molecular flexibility index (Phi) is 7.27. The van der Waals surface area contributed by atoms with Crippen LogP contribution in [0.4, 0.5) is 5.69 Å². The summed E-state index contributed by atoms with van der Waals surface area (Å²) in [5.41, 5.74) is 5.26. The monoisotopic (exact) mass is 441 g/mol. The number of hydrogen-bond donors (Lipinski definition) is 2. The van der Waals surface area contributed by atoms with Crippen LogP contribution < -0.4 is 10.9 Å². The fourth-order valence-corrected chi connectivity index (χ4v) is 3.43. The van der Waals surface area contributed by atoms with Crippen molar-refractivity contribution in [3.8, 4) is 11.4 Å². The number of thioether (sulfide) groups is 1. The molecule has 0 radical (unpaired) electrons. The molecule has 160 valence electrons. The van der Waals surface area contributed by atoms with Gasteiger partial charge in [0.1, 0.15) is 0 Å². The number of carbonyl (C=O) groups excluding carboxylic acids is 2. The number of pyridine rings is 1.